The zero-order valence-electron chi connectivity index (χ0n) is 21.1. The number of nitrogens with zero attached hydrogens (tertiary/aromatic N) is 2. The van der Waals surface area contributed by atoms with E-state index >= 15 is 0 Å². The second kappa shape index (κ2) is 11.2. The quantitative estimate of drug-likeness (QED) is 0.403. The van der Waals surface area contributed by atoms with E-state index in [0.29, 0.717) is 24.3 Å². The Balaban J connectivity index is 1.63. The van der Waals surface area contributed by atoms with Crippen LogP contribution in [-0.4, -0.2) is 48.9 Å². The van der Waals surface area contributed by atoms with E-state index in [0.717, 1.165) is 34.9 Å². The number of amides is 3. The molecule has 0 saturated carbocycles. The van der Waals surface area contributed by atoms with Gasteiger partial charge in [-0.3, -0.25) is 19.3 Å². The molecule has 0 aromatic heterocycles. The van der Waals surface area contributed by atoms with Gasteiger partial charge in [0.05, 0.1) is 12.8 Å². The van der Waals surface area contributed by atoms with Crippen molar-refractivity contribution in [2.75, 3.05) is 25.1 Å². The lowest BCUT2D eigenvalue weighted by molar-refractivity contribution is -0.140. The highest BCUT2D eigenvalue weighted by Crippen LogP contribution is 2.37. The molecule has 1 N–H and O–H groups in total. The van der Waals surface area contributed by atoms with Crippen LogP contribution in [0.15, 0.2) is 60.7 Å². The summed E-state index contributed by atoms with van der Waals surface area (Å²) in [6, 6.07) is 18.1. The second-order valence-corrected chi connectivity index (χ2v) is 9.01. The van der Waals surface area contributed by atoms with Crippen molar-refractivity contribution in [1.29, 1.82) is 0 Å². The molecule has 3 aromatic rings. The number of benzene rings is 3. The van der Waals surface area contributed by atoms with Gasteiger partial charge < -0.3 is 15.0 Å². The zero-order chi connectivity index (χ0) is 25.7. The predicted molar refractivity (Wildman–Crippen MR) is 141 cm³/mol. The van der Waals surface area contributed by atoms with Crippen molar-refractivity contribution < 1.29 is 19.1 Å². The van der Waals surface area contributed by atoms with Gasteiger partial charge in [0, 0.05) is 24.0 Å². The van der Waals surface area contributed by atoms with Crippen LogP contribution in [0.2, 0.25) is 0 Å². The Morgan fingerprint density at radius 1 is 1.06 bits per heavy atom. The summed E-state index contributed by atoms with van der Waals surface area (Å²) in [5.41, 5.74) is 2.17. The number of nitrogens with one attached hydrogen (secondary N) is 1. The van der Waals surface area contributed by atoms with Gasteiger partial charge in [0.15, 0.2) is 0 Å². The van der Waals surface area contributed by atoms with Crippen molar-refractivity contribution in [3.63, 3.8) is 0 Å². The molecule has 0 fully saturated rings. The van der Waals surface area contributed by atoms with Crippen LogP contribution in [0.1, 0.15) is 49.0 Å². The summed E-state index contributed by atoms with van der Waals surface area (Å²) in [6.07, 6.45) is 2.29. The topological polar surface area (TPSA) is 79.0 Å². The van der Waals surface area contributed by atoms with Crippen molar-refractivity contribution >= 4 is 34.2 Å². The van der Waals surface area contributed by atoms with Crippen LogP contribution < -0.4 is 15.0 Å². The van der Waals surface area contributed by atoms with E-state index in [-0.39, 0.29) is 30.8 Å². The number of anilines is 1. The fourth-order valence-corrected chi connectivity index (χ4v) is 4.76. The molecule has 0 aliphatic carbocycles. The molecule has 188 valence electrons. The minimum Gasteiger partial charge on any atom is -0.497 e. The highest BCUT2D eigenvalue weighted by molar-refractivity contribution is 6.26. The standard InChI is InChI=1S/C29H33N3O4/c1-4-6-16-30-28(34)24(5-2)31(18-20-10-7-13-22(17-20)36-3)26(33)19-32-25-15-9-12-21-11-8-14-23(27(21)25)29(32)35/h7-15,17,24H,4-6,16,18-19H2,1-3H3,(H,30,34). The zero-order valence-corrected chi connectivity index (χ0v) is 21.1. The van der Waals surface area contributed by atoms with Crippen molar-refractivity contribution in [1.82, 2.24) is 10.2 Å². The Hall–Kier alpha value is -3.87. The molecule has 7 heteroatoms. The Bertz CT molecular complexity index is 1270. The van der Waals surface area contributed by atoms with Crippen LogP contribution in [0.5, 0.6) is 5.75 Å². The first-order chi connectivity index (χ1) is 17.5. The van der Waals surface area contributed by atoms with Crippen molar-refractivity contribution in [2.45, 2.75) is 45.7 Å². The van der Waals surface area contributed by atoms with E-state index in [9.17, 15) is 14.4 Å². The number of rotatable bonds is 11. The fourth-order valence-electron chi connectivity index (χ4n) is 4.76. The third kappa shape index (κ3) is 5.05. The molecule has 1 aliphatic heterocycles. The van der Waals surface area contributed by atoms with E-state index in [1.807, 2.05) is 61.5 Å². The van der Waals surface area contributed by atoms with Crippen LogP contribution in [0.4, 0.5) is 5.69 Å². The molecule has 1 atom stereocenters. The molecule has 4 rings (SSSR count). The summed E-state index contributed by atoms with van der Waals surface area (Å²) in [5, 5.41) is 4.80. The minimum atomic E-state index is -0.656. The first-order valence-electron chi connectivity index (χ1n) is 12.5. The summed E-state index contributed by atoms with van der Waals surface area (Å²) in [7, 11) is 1.59. The lowest BCUT2D eigenvalue weighted by atomic mass is 10.1. The van der Waals surface area contributed by atoms with Crippen molar-refractivity contribution in [2.24, 2.45) is 0 Å². The Morgan fingerprint density at radius 3 is 2.53 bits per heavy atom. The summed E-state index contributed by atoms with van der Waals surface area (Å²) < 4.78 is 5.35. The number of unbranched alkanes of at least 4 members (excludes halogenated alkanes) is 1. The van der Waals surface area contributed by atoms with Crippen LogP contribution in [0, 0.1) is 0 Å². The molecule has 0 radical (unpaired) electrons. The van der Waals surface area contributed by atoms with E-state index < -0.39 is 6.04 Å². The molecule has 0 spiro atoms. The molecule has 0 saturated heterocycles. The van der Waals surface area contributed by atoms with Gasteiger partial charge >= 0.3 is 0 Å². The lowest BCUT2D eigenvalue weighted by Gasteiger charge is -2.32. The van der Waals surface area contributed by atoms with Gasteiger partial charge in [-0.2, -0.15) is 0 Å². The van der Waals surface area contributed by atoms with E-state index in [1.165, 1.54) is 4.90 Å². The van der Waals surface area contributed by atoms with Crippen LogP contribution in [-0.2, 0) is 16.1 Å². The molecule has 1 unspecified atom stereocenters. The molecule has 1 heterocycles. The lowest BCUT2D eigenvalue weighted by Crippen LogP contribution is -2.52. The number of carbonyl (C=O) groups excluding carboxylic acids is 3. The van der Waals surface area contributed by atoms with Gasteiger partial charge in [0.1, 0.15) is 18.3 Å². The van der Waals surface area contributed by atoms with Gasteiger partial charge in [-0.1, -0.05) is 56.7 Å². The molecular formula is C29H33N3O4. The Kier molecular flexibility index (Phi) is 7.88. The number of ether oxygens (including phenoxy) is 1. The summed E-state index contributed by atoms with van der Waals surface area (Å²) in [5.74, 6) is 0.0166. The average molecular weight is 488 g/mol. The van der Waals surface area contributed by atoms with Gasteiger partial charge in [0.2, 0.25) is 11.8 Å². The first-order valence-corrected chi connectivity index (χ1v) is 12.5. The predicted octanol–water partition coefficient (Wildman–Crippen LogP) is 4.53. The average Bonchev–Trinajstić information content (AvgIpc) is 3.16. The van der Waals surface area contributed by atoms with E-state index in [4.69, 9.17) is 4.74 Å². The molecule has 36 heavy (non-hydrogen) atoms. The molecule has 3 amide bonds. The van der Waals surface area contributed by atoms with E-state index in [1.54, 1.807) is 18.1 Å². The second-order valence-electron chi connectivity index (χ2n) is 9.01. The summed E-state index contributed by atoms with van der Waals surface area (Å²) >= 11 is 0. The maximum atomic E-state index is 13.8. The molecule has 3 aromatic carbocycles. The normalized spacial score (nSPS) is 13.1. The maximum Gasteiger partial charge on any atom is 0.259 e. The summed E-state index contributed by atoms with van der Waals surface area (Å²) in [4.78, 5) is 43.4. The van der Waals surface area contributed by atoms with Crippen molar-refractivity contribution in [3.05, 3.63) is 71.8 Å². The largest absolute Gasteiger partial charge is 0.497 e. The molecule has 0 bridgehead atoms. The van der Waals surface area contributed by atoms with Crippen LogP contribution in [0.25, 0.3) is 10.8 Å². The monoisotopic (exact) mass is 487 g/mol. The van der Waals surface area contributed by atoms with Crippen LogP contribution in [0.3, 0.4) is 0 Å². The number of hydrogen-bond acceptors (Lipinski definition) is 4. The Morgan fingerprint density at radius 2 is 1.81 bits per heavy atom. The third-order valence-electron chi connectivity index (χ3n) is 6.64. The van der Waals surface area contributed by atoms with Gasteiger partial charge in [-0.05, 0) is 48.1 Å². The Labute approximate surface area is 212 Å². The molecular weight excluding hydrogens is 454 g/mol. The number of carbonyl (C=O) groups is 3. The van der Waals surface area contributed by atoms with Gasteiger partial charge in [-0.25, -0.2) is 0 Å². The molecule has 7 nitrogen and oxygen atoms in total. The number of methoxy groups -OCH3 is 1. The van der Waals surface area contributed by atoms with E-state index in [2.05, 4.69) is 12.2 Å². The fraction of sp³-hybridized carbons (Fsp3) is 0.345. The van der Waals surface area contributed by atoms with Crippen molar-refractivity contribution in [3.8, 4) is 5.75 Å². The third-order valence-corrected chi connectivity index (χ3v) is 6.64. The molecule has 1 aliphatic rings. The maximum absolute atomic E-state index is 13.8. The van der Waals surface area contributed by atoms with Gasteiger partial charge in [-0.15, -0.1) is 0 Å². The summed E-state index contributed by atoms with van der Waals surface area (Å²) in [6.45, 7) is 4.61. The van der Waals surface area contributed by atoms with Gasteiger partial charge in [0.25, 0.3) is 5.91 Å². The SMILES string of the molecule is CCCCNC(=O)C(CC)N(Cc1cccc(OC)c1)C(=O)CN1C(=O)c2cccc3cccc1c23. The minimum absolute atomic E-state index is 0.144. The first kappa shape index (κ1) is 25.2. The highest BCUT2D eigenvalue weighted by atomic mass is 16.5. The number of hydrogen-bond donors (Lipinski definition) is 1. The highest BCUT2D eigenvalue weighted by Gasteiger charge is 2.35. The smallest absolute Gasteiger partial charge is 0.259 e. The van der Waals surface area contributed by atoms with Crippen LogP contribution >= 0.6 is 0 Å².